The summed E-state index contributed by atoms with van der Waals surface area (Å²) in [6.45, 7) is 6.14. The molecule has 1 aromatic carbocycles. The topological polar surface area (TPSA) is 28.7 Å². The lowest BCUT2D eigenvalue weighted by Crippen LogP contribution is -1.98. The van der Waals surface area contributed by atoms with Crippen LogP contribution in [0.3, 0.4) is 0 Å². The van der Waals surface area contributed by atoms with E-state index in [1.54, 1.807) is 11.8 Å². The largest absolute Gasteiger partial charge is 0.346 e. The molecule has 1 N–H and O–H groups in total. The summed E-state index contributed by atoms with van der Waals surface area (Å²) in [7, 11) is 0. The van der Waals surface area contributed by atoms with E-state index in [9.17, 15) is 0 Å². The number of hydrogen-bond acceptors (Lipinski definition) is 3. The van der Waals surface area contributed by atoms with Gasteiger partial charge in [-0.15, -0.1) is 11.8 Å². The summed E-state index contributed by atoms with van der Waals surface area (Å²) in [5, 5.41) is 0. The van der Waals surface area contributed by atoms with Crippen molar-refractivity contribution in [3.05, 3.63) is 51.6 Å². The van der Waals surface area contributed by atoms with Crippen LogP contribution in [0.1, 0.15) is 22.6 Å². The molecule has 2 nitrogen and oxygen atoms in total. The number of aryl methyl sites for hydroxylation is 2. The number of H-pyrrole nitrogens is 1. The monoisotopic (exact) mass is 276 g/mol. The highest BCUT2D eigenvalue weighted by Gasteiger charge is 2.02. The van der Waals surface area contributed by atoms with Crippen molar-refractivity contribution < 1.29 is 0 Å². The molecule has 2 rings (SSSR count). The van der Waals surface area contributed by atoms with Crippen molar-refractivity contribution in [1.82, 2.24) is 9.97 Å². The zero-order valence-corrected chi connectivity index (χ0v) is 12.4. The van der Waals surface area contributed by atoms with Crippen molar-refractivity contribution >= 4 is 24.0 Å². The van der Waals surface area contributed by atoms with Crippen LogP contribution in [-0.4, -0.2) is 9.97 Å². The molecular formula is C14H16N2S2. The van der Waals surface area contributed by atoms with E-state index in [0.29, 0.717) is 4.64 Å². The Balaban J connectivity index is 2.14. The molecule has 0 aliphatic rings. The molecule has 0 saturated heterocycles. The third-order valence-electron chi connectivity index (χ3n) is 2.82. The Morgan fingerprint density at radius 3 is 2.72 bits per heavy atom. The molecule has 1 aromatic heterocycles. The van der Waals surface area contributed by atoms with Crippen molar-refractivity contribution in [2.75, 3.05) is 0 Å². The molecule has 0 fully saturated rings. The van der Waals surface area contributed by atoms with Gasteiger partial charge in [-0.2, -0.15) is 0 Å². The van der Waals surface area contributed by atoms with Gasteiger partial charge in [-0.25, -0.2) is 4.98 Å². The van der Waals surface area contributed by atoms with Crippen LogP contribution in [0.4, 0.5) is 0 Å². The minimum absolute atomic E-state index is 0.700. The number of aromatic amines is 1. The third kappa shape index (κ3) is 3.21. The van der Waals surface area contributed by atoms with Crippen molar-refractivity contribution in [3.8, 4) is 0 Å². The fourth-order valence-electron chi connectivity index (χ4n) is 1.63. The lowest BCUT2D eigenvalue weighted by molar-refractivity contribution is 0.961. The van der Waals surface area contributed by atoms with Crippen LogP contribution in [0.25, 0.3) is 0 Å². The lowest BCUT2D eigenvalue weighted by Gasteiger charge is -2.06. The summed E-state index contributed by atoms with van der Waals surface area (Å²) >= 11 is 7.01. The summed E-state index contributed by atoms with van der Waals surface area (Å²) in [5.74, 6) is 1.75. The van der Waals surface area contributed by atoms with Gasteiger partial charge in [-0.05, 0) is 32.9 Å². The Morgan fingerprint density at radius 2 is 2.06 bits per heavy atom. The average Bonchev–Trinajstić information content (AvgIpc) is 2.33. The molecule has 0 radical (unpaired) electrons. The Hall–Kier alpha value is -1.13. The van der Waals surface area contributed by atoms with E-state index in [1.165, 1.54) is 10.5 Å². The van der Waals surface area contributed by atoms with Gasteiger partial charge >= 0.3 is 0 Å². The van der Waals surface area contributed by atoms with Crippen LogP contribution in [0.5, 0.6) is 0 Å². The number of aromatic nitrogens is 2. The first kappa shape index (κ1) is 13.3. The van der Waals surface area contributed by atoms with Crippen LogP contribution in [0.2, 0.25) is 0 Å². The molecule has 4 heteroatoms. The number of rotatable bonds is 3. The van der Waals surface area contributed by atoms with E-state index in [-0.39, 0.29) is 0 Å². The third-order valence-corrected chi connectivity index (χ3v) is 4.22. The molecule has 0 spiro atoms. The van der Waals surface area contributed by atoms with E-state index in [0.717, 1.165) is 22.8 Å². The molecule has 1 heterocycles. The van der Waals surface area contributed by atoms with Crippen LogP contribution in [0, 0.1) is 25.4 Å². The van der Waals surface area contributed by atoms with E-state index in [4.69, 9.17) is 12.2 Å². The first-order valence-electron chi connectivity index (χ1n) is 5.82. The minimum Gasteiger partial charge on any atom is -0.346 e. The van der Waals surface area contributed by atoms with Gasteiger partial charge < -0.3 is 4.98 Å². The van der Waals surface area contributed by atoms with E-state index < -0.39 is 0 Å². The molecule has 0 atom stereocenters. The Labute approximate surface area is 117 Å². The van der Waals surface area contributed by atoms with Gasteiger partial charge in [0.05, 0.1) is 5.75 Å². The molecule has 0 saturated carbocycles. The van der Waals surface area contributed by atoms with Gasteiger partial charge in [0.25, 0.3) is 0 Å². The first-order chi connectivity index (χ1) is 8.56. The SMILES string of the molecule is Cc1cccc(SCc2nc(=S)c(C)c(C)[nH]2)c1. The quantitative estimate of drug-likeness (QED) is 0.667. The maximum Gasteiger partial charge on any atom is 0.132 e. The second kappa shape index (κ2) is 5.67. The molecule has 0 bridgehead atoms. The molecule has 0 aliphatic carbocycles. The molecule has 94 valence electrons. The zero-order chi connectivity index (χ0) is 13.1. The predicted octanol–water partition coefficient (Wildman–Crippen LogP) is 4.36. The second-order valence-corrected chi connectivity index (χ2v) is 5.78. The summed E-state index contributed by atoms with van der Waals surface area (Å²) in [5.41, 5.74) is 3.45. The van der Waals surface area contributed by atoms with Gasteiger partial charge in [-0.3, -0.25) is 0 Å². The highest BCUT2D eigenvalue weighted by atomic mass is 32.2. The summed E-state index contributed by atoms with van der Waals surface area (Å²) < 4.78 is 0.700. The first-order valence-corrected chi connectivity index (χ1v) is 7.21. The summed E-state index contributed by atoms with van der Waals surface area (Å²) in [4.78, 5) is 8.97. The Bertz CT molecular complexity index is 617. The van der Waals surface area contributed by atoms with E-state index >= 15 is 0 Å². The molecule has 0 unspecified atom stereocenters. The lowest BCUT2D eigenvalue weighted by atomic mass is 10.2. The minimum atomic E-state index is 0.700. The number of hydrogen-bond donors (Lipinski definition) is 1. The van der Waals surface area contributed by atoms with Crippen LogP contribution in [-0.2, 0) is 5.75 Å². The van der Waals surface area contributed by atoms with Crippen molar-refractivity contribution in [3.63, 3.8) is 0 Å². The number of nitrogens with zero attached hydrogens (tertiary/aromatic N) is 1. The van der Waals surface area contributed by atoms with Crippen molar-refractivity contribution in [2.45, 2.75) is 31.4 Å². The number of thioether (sulfide) groups is 1. The Morgan fingerprint density at radius 1 is 1.28 bits per heavy atom. The normalized spacial score (nSPS) is 10.6. The van der Waals surface area contributed by atoms with Gasteiger partial charge in [0.2, 0.25) is 0 Å². The van der Waals surface area contributed by atoms with Gasteiger partial charge in [0, 0.05) is 16.2 Å². The maximum atomic E-state index is 5.24. The number of nitrogens with one attached hydrogen (secondary N) is 1. The van der Waals surface area contributed by atoms with Gasteiger partial charge in [0.15, 0.2) is 0 Å². The fraction of sp³-hybridized carbons (Fsp3) is 0.286. The molecule has 0 amide bonds. The smallest absolute Gasteiger partial charge is 0.132 e. The van der Waals surface area contributed by atoms with Crippen LogP contribution in [0.15, 0.2) is 29.2 Å². The van der Waals surface area contributed by atoms with Gasteiger partial charge in [0.1, 0.15) is 10.5 Å². The highest BCUT2D eigenvalue weighted by molar-refractivity contribution is 7.98. The van der Waals surface area contributed by atoms with Crippen LogP contribution < -0.4 is 0 Å². The standard InChI is InChI=1S/C14H16N2S2/c1-9-5-4-6-12(7-9)18-8-13-15-11(3)10(2)14(17)16-13/h4-7H,8H2,1-3H3,(H,15,16,17). The second-order valence-electron chi connectivity index (χ2n) is 4.34. The predicted molar refractivity (Wildman–Crippen MR) is 79.6 cm³/mol. The maximum absolute atomic E-state index is 5.24. The van der Waals surface area contributed by atoms with E-state index in [1.807, 2.05) is 13.8 Å². The molecule has 0 aliphatic heterocycles. The van der Waals surface area contributed by atoms with Crippen LogP contribution >= 0.6 is 24.0 Å². The summed E-state index contributed by atoms with van der Waals surface area (Å²) in [6, 6.07) is 8.48. The number of benzene rings is 1. The highest BCUT2D eigenvalue weighted by Crippen LogP contribution is 2.22. The molecule has 18 heavy (non-hydrogen) atoms. The average molecular weight is 276 g/mol. The Kier molecular flexibility index (Phi) is 4.19. The fourth-order valence-corrected chi connectivity index (χ4v) is 2.78. The summed E-state index contributed by atoms with van der Waals surface area (Å²) in [6.07, 6.45) is 0. The zero-order valence-electron chi connectivity index (χ0n) is 10.8. The molecule has 2 aromatic rings. The van der Waals surface area contributed by atoms with Crippen molar-refractivity contribution in [2.24, 2.45) is 0 Å². The van der Waals surface area contributed by atoms with Crippen molar-refractivity contribution in [1.29, 1.82) is 0 Å². The molecular weight excluding hydrogens is 260 g/mol. The van der Waals surface area contributed by atoms with Gasteiger partial charge in [-0.1, -0.05) is 29.9 Å². The van der Waals surface area contributed by atoms with E-state index in [2.05, 4.69) is 41.2 Å².